The predicted molar refractivity (Wildman–Crippen MR) is 33.7 cm³/mol. The lowest BCUT2D eigenvalue weighted by Crippen LogP contribution is -2.72. The third kappa shape index (κ3) is 0.970. The van der Waals surface area contributed by atoms with E-state index in [-0.39, 0.29) is 12.7 Å². The van der Waals surface area contributed by atoms with Crippen LogP contribution in [0.4, 0.5) is 0 Å². The second-order valence-electron chi connectivity index (χ2n) is 2.95. The zero-order valence-electron chi connectivity index (χ0n) is 5.77. The zero-order chi connectivity index (χ0) is 8.70. The van der Waals surface area contributed by atoms with E-state index >= 15 is 0 Å². The highest BCUT2D eigenvalue weighted by Crippen LogP contribution is 2.39. The summed E-state index contributed by atoms with van der Waals surface area (Å²) in [5, 5.41) is 35.7. The van der Waals surface area contributed by atoms with Crippen molar-refractivity contribution in [2.75, 3.05) is 6.61 Å². The maximum absolute atomic E-state index is 10.1. The Morgan fingerprint density at radius 3 is 2.36 bits per heavy atom. The molecule has 4 N–H and O–H groups in total. The molecule has 0 radical (unpaired) electrons. The van der Waals surface area contributed by atoms with Gasteiger partial charge in [0.2, 0.25) is 0 Å². The Bertz CT molecular complexity index is 182. The molecule has 0 spiro atoms. The van der Waals surface area contributed by atoms with Gasteiger partial charge in [0.05, 0.1) is 6.61 Å². The van der Waals surface area contributed by atoms with Crippen LogP contribution < -0.4 is 0 Å². The Morgan fingerprint density at radius 1 is 1.55 bits per heavy atom. The van der Waals surface area contributed by atoms with Gasteiger partial charge in [-0.15, -0.1) is 0 Å². The molecule has 0 amide bonds. The molecule has 0 aromatic heterocycles. The molecule has 1 aliphatic rings. The fourth-order valence-electron chi connectivity index (χ4n) is 1.27. The summed E-state index contributed by atoms with van der Waals surface area (Å²) in [7, 11) is 0. The SMILES string of the molecule is O=C[C@@]1(O)C[C@@](O)(CO)[C@H]1O. The van der Waals surface area contributed by atoms with E-state index in [2.05, 4.69) is 0 Å². The van der Waals surface area contributed by atoms with Crippen LogP contribution >= 0.6 is 0 Å². The number of aldehydes is 1. The standard InChI is InChI=1S/C6H10O5/c7-2-5(10)1-6(11,3-8)4(5)9/h2,4,8-11H,1,3H2/t4-,5-,6+/m0/s1. The maximum atomic E-state index is 10.1. The molecule has 1 rings (SSSR count). The van der Waals surface area contributed by atoms with E-state index < -0.39 is 23.9 Å². The lowest BCUT2D eigenvalue weighted by atomic mass is 9.65. The quantitative estimate of drug-likeness (QED) is 0.334. The van der Waals surface area contributed by atoms with Crippen LogP contribution in [-0.2, 0) is 4.79 Å². The van der Waals surface area contributed by atoms with Gasteiger partial charge in [0.25, 0.3) is 0 Å². The Kier molecular flexibility index (Phi) is 1.76. The van der Waals surface area contributed by atoms with Gasteiger partial charge in [0.15, 0.2) is 11.9 Å². The summed E-state index contributed by atoms with van der Waals surface area (Å²) in [5.74, 6) is 0. The van der Waals surface area contributed by atoms with Gasteiger partial charge >= 0.3 is 0 Å². The number of rotatable bonds is 2. The summed E-state index contributed by atoms with van der Waals surface area (Å²) < 4.78 is 0. The van der Waals surface area contributed by atoms with Crippen molar-refractivity contribution in [3.63, 3.8) is 0 Å². The number of carbonyl (C=O) groups excluding carboxylic acids is 1. The average Bonchev–Trinajstić information content (AvgIpc) is 2.03. The van der Waals surface area contributed by atoms with Crippen molar-refractivity contribution in [1.29, 1.82) is 0 Å². The summed E-state index contributed by atoms with van der Waals surface area (Å²) >= 11 is 0. The number of aliphatic hydroxyl groups is 4. The number of carbonyl (C=O) groups is 1. The lowest BCUT2D eigenvalue weighted by molar-refractivity contribution is -0.263. The Hall–Kier alpha value is -0.490. The number of hydrogen-bond acceptors (Lipinski definition) is 5. The van der Waals surface area contributed by atoms with Crippen LogP contribution in [0.25, 0.3) is 0 Å². The largest absolute Gasteiger partial charge is 0.393 e. The second-order valence-corrected chi connectivity index (χ2v) is 2.95. The molecule has 0 aromatic carbocycles. The molecule has 5 nitrogen and oxygen atoms in total. The molecule has 1 fully saturated rings. The molecule has 1 saturated carbocycles. The van der Waals surface area contributed by atoms with Gasteiger partial charge in [-0.3, -0.25) is 0 Å². The van der Waals surface area contributed by atoms with Crippen molar-refractivity contribution >= 4 is 6.29 Å². The molecule has 0 saturated heterocycles. The minimum absolute atomic E-state index is 0.168. The molecule has 0 heterocycles. The highest BCUT2D eigenvalue weighted by molar-refractivity contribution is 5.67. The molecule has 0 bridgehead atoms. The summed E-state index contributed by atoms with van der Waals surface area (Å²) in [5.41, 5.74) is -3.59. The minimum Gasteiger partial charge on any atom is -0.393 e. The molecule has 64 valence electrons. The van der Waals surface area contributed by atoms with Gasteiger partial charge in [-0.2, -0.15) is 0 Å². The smallest absolute Gasteiger partial charge is 0.154 e. The monoisotopic (exact) mass is 162 g/mol. The second kappa shape index (κ2) is 2.25. The molecular formula is C6H10O5. The fourth-order valence-corrected chi connectivity index (χ4v) is 1.27. The van der Waals surface area contributed by atoms with Crippen molar-refractivity contribution in [2.45, 2.75) is 23.7 Å². The first kappa shape index (κ1) is 8.61. The van der Waals surface area contributed by atoms with Crippen LogP contribution in [0.5, 0.6) is 0 Å². The first-order valence-electron chi connectivity index (χ1n) is 3.18. The molecule has 0 aliphatic heterocycles. The van der Waals surface area contributed by atoms with Crippen LogP contribution in [0.15, 0.2) is 0 Å². The van der Waals surface area contributed by atoms with E-state index in [4.69, 9.17) is 20.4 Å². The topological polar surface area (TPSA) is 98.0 Å². The van der Waals surface area contributed by atoms with E-state index in [9.17, 15) is 4.79 Å². The average molecular weight is 162 g/mol. The van der Waals surface area contributed by atoms with Gasteiger partial charge < -0.3 is 25.2 Å². The summed E-state index contributed by atoms with van der Waals surface area (Å²) in [4.78, 5) is 10.1. The van der Waals surface area contributed by atoms with Gasteiger partial charge in [-0.1, -0.05) is 0 Å². The summed E-state index contributed by atoms with van der Waals surface area (Å²) in [6, 6.07) is 0. The van der Waals surface area contributed by atoms with E-state index in [1.54, 1.807) is 0 Å². The van der Waals surface area contributed by atoms with Crippen molar-refractivity contribution in [3.05, 3.63) is 0 Å². The van der Waals surface area contributed by atoms with E-state index in [0.29, 0.717) is 0 Å². The van der Waals surface area contributed by atoms with Gasteiger partial charge in [-0.05, 0) is 0 Å². The molecule has 0 unspecified atom stereocenters. The normalized spacial score (nSPS) is 50.0. The van der Waals surface area contributed by atoms with Crippen molar-refractivity contribution in [1.82, 2.24) is 0 Å². The molecular weight excluding hydrogens is 152 g/mol. The van der Waals surface area contributed by atoms with Crippen molar-refractivity contribution < 1.29 is 25.2 Å². The fraction of sp³-hybridized carbons (Fsp3) is 0.833. The molecule has 5 heteroatoms. The van der Waals surface area contributed by atoms with Crippen molar-refractivity contribution in [3.8, 4) is 0 Å². The van der Waals surface area contributed by atoms with E-state index in [1.165, 1.54) is 0 Å². The van der Waals surface area contributed by atoms with Crippen LogP contribution in [0, 0.1) is 0 Å². The van der Waals surface area contributed by atoms with Crippen LogP contribution in [0.2, 0.25) is 0 Å². The first-order chi connectivity index (χ1) is 4.98. The van der Waals surface area contributed by atoms with Crippen LogP contribution in [0.1, 0.15) is 6.42 Å². The minimum atomic E-state index is -1.88. The van der Waals surface area contributed by atoms with Crippen molar-refractivity contribution in [2.24, 2.45) is 0 Å². The predicted octanol–water partition coefficient (Wildman–Crippen LogP) is -2.60. The Labute approximate surface area is 62.9 Å². The highest BCUT2D eigenvalue weighted by Gasteiger charge is 2.62. The Balaban J connectivity index is 2.69. The molecule has 3 atom stereocenters. The lowest BCUT2D eigenvalue weighted by Gasteiger charge is -2.50. The first-order valence-corrected chi connectivity index (χ1v) is 3.18. The molecule has 11 heavy (non-hydrogen) atoms. The van der Waals surface area contributed by atoms with Gasteiger partial charge in [0, 0.05) is 6.42 Å². The third-order valence-corrected chi connectivity index (χ3v) is 2.05. The molecule has 0 aromatic rings. The van der Waals surface area contributed by atoms with Crippen LogP contribution in [0.3, 0.4) is 0 Å². The Morgan fingerprint density at radius 2 is 2.09 bits per heavy atom. The van der Waals surface area contributed by atoms with Gasteiger partial charge in [-0.25, -0.2) is 0 Å². The zero-order valence-corrected chi connectivity index (χ0v) is 5.77. The molecule has 1 aliphatic carbocycles. The number of aliphatic hydroxyl groups excluding tert-OH is 2. The van der Waals surface area contributed by atoms with Gasteiger partial charge in [0.1, 0.15) is 11.7 Å². The maximum Gasteiger partial charge on any atom is 0.154 e. The van der Waals surface area contributed by atoms with E-state index in [1.807, 2.05) is 0 Å². The summed E-state index contributed by atoms with van der Waals surface area (Å²) in [6.07, 6.45) is -1.74. The van der Waals surface area contributed by atoms with Crippen LogP contribution in [-0.4, -0.2) is 50.6 Å². The van der Waals surface area contributed by atoms with E-state index in [0.717, 1.165) is 0 Å². The third-order valence-electron chi connectivity index (χ3n) is 2.05. The summed E-state index contributed by atoms with van der Waals surface area (Å²) in [6.45, 7) is -0.662. The number of hydrogen-bond donors (Lipinski definition) is 4. The highest BCUT2D eigenvalue weighted by atomic mass is 16.4.